The van der Waals surface area contributed by atoms with Gasteiger partial charge in [0.1, 0.15) is 12.3 Å². The molecule has 1 aliphatic heterocycles. The first kappa shape index (κ1) is 23.0. The number of methoxy groups -OCH3 is 1. The minimum Gasteiger partial charge on any atom is -0.415 e. The molecule has 1 aromatic carbocycles. The van der Waals surface area contributed by atoms with Crippen molar-refractivity contribution in [1.82, 2.24) is 4.31 Å². The Morgan fingerprint density at radius 3 is 2.21 bits per heavy atom. The molecule has 1 heterocycles. The lowest BCUT2D eigenvalue weighted by Gasteiger charge is -2.40. The summed E-state index contributed by atoms with van der Waals surface area (Å²) in [6, 6.07) is 5.60. The van der Waals surface area contributed by atoms with E-state index in [1.54, 1.807) is 24.3 Å². The number of rotatable bonds is 6. The number of ether oxygens (including phenoxy) is 1. The molecule has 0 bridgehead atoms. The van der Waals surface area contributed by atoms with E-state index in [2.05, 4.69) is 33.9 Å². The predicted octanol–water partition coefficient (Wildman–Crippen LogP) is 3.49. The Hall–Kier alpha value is -1.32. The van der Waals surface area contributed by atoms with E-state index in [9.17, 15) is 13.2 Å². The Morgan fingerprint density at radius 2 is 1.71 bits per heavy atom. The van der Waals surface area contributed by atoms with Crippen LogP contribution in [0.2, 0.25) is 18.1 Å². The van der Waals surface area contributed by atoms with Gasteiger partial charge in [-0.2, -0.15) is 4.31 Å². The topological polar surface area (TPSA) is 72.9 Å². The predicted molar refractivity (Wildman–Crippen MR) is 112 cm³/mol. The summed E-state index contributed by atoms with van der Waals surface area (Å²) in [5.41, 5.74) is 0.953. The van der Waals surface area contributed by atoms with E-state index < -0.39 is 30.6 Å². The second kappa shape index (κ2) is 8.20. The molecule has 0 radical (unpaired) electrons. The first-order valence-corrected chi connectivity index (χ1v) is 13.6. The van der Waals surface area contributed by atoms with Crippen molar-refractivity contribution in [1.29, 1.82) is 0 Å². The maximum atomic E-state index is 13.4. The number of ketones is 1. The molecule has 0 saturated carbocycles. The number of carbonyl (C=O) groups excluding carboxylic acids is 1. The summed E-state index contributed by atoms with van der Waals surface area (Å²) >= 11 is 0. The highest BCUT2D eigenvalue weighted by molar-refractivity contribution is 7.89. The van der Waals surface area contributed by atoms with E-state index in [1.807, 2.05) is 6.92 Å². The smallest absolute Gasteiger partial charge is 0.246 e. The fraction of sp³-hybridized carbons (Fsp3) is 0.550. The second-order valence-corrected chi connectivity index (χ2v) is 15.3. The molecule has 0 aliphatic carbocycles. The van der Waals surface area contributed by atoms with Gasteiger partial charge in [-0.25, -0.2) is 8.42 Å². The number of aryl methyl sites for hydroxylation is 1. The average molecular weight is 426 g/mol. The molecular formula is C20H31NO5SSi. The first-order chi connectivity index (χ1) is 12.8. The van der Waals surface area contributed by atoms with Gasteiger partial charge >= 0.3 is 0 Å². The average Bonchev–Trinajstić information content (AvgIpc) is 2.59. The van der Waals surface area contributed by atoms with Crippen LogP contribution in [-0.4, -0.2) is 52.8 Å². The van der Waals surface area contributed by atoms with Crippen LogP contribution in [-0.2, 0) is 24.0 Å². The number of hydrogen-bond donors (Lipinski definition) is 0. The van der Waals surface area contributed by atoms with E-state index in [0.29, 0.717) is 0 Å². The van der Waals surface area contributed by atoms with Gasteiger partial charge in [0.15, 0.2) is 14.1 Å². The van der Waals surface area contributed by atoms with Crippen LogP contribution >= 0.6 is 0 Å². The molecule has 0 fully saturated rings. The van der Waals surface area contributed by atoms with Gasteiger partial charge in [-0.3, -0.25) is 4.79 Å². The highest BCUT2D eigenvalue weighted by Crippen LogP contribution is 2.37. The number of hydrogen-bond acceptors (Lipinski definition) is 5. The van der Waals surface area contributed by atoms with Crippen LogP contribution in [0.4, 0.5) is 0 Å². The van der Waals surface area contributed by atoms with Crippen molar-refractivity contribution in [3.63, 3.8) is 0 Å². The van der Waals surface area contributed by atoms with Crippen LogP contribution in [0.3, 0.4) is 0 Å². The van der Waals surface area contributed by atoms with Crippen molar-refractivity contribution < 1.29 is 22.4 Å². The Morgan fingerprint density at radius 1 is 1.14 bits per heavy atom. The molecule has 0 saturated heterocycles. The zero-order valence-corrected chi connectivity index (χ0v) is 19.5. The van der Waals surface area contributed by atoms with Gasteiger partial charge in [0.05, 0.1) is 11.5 Å². The van der Waals surface area contributed by atoms with Crippen LogP contribution < -0.4 is 0 Å². The van der Waals surface area contributed by atoms with Crippen LogP contribution in [0.5, 0.6) is 0 Å². The fourth-order valence-corrected chi connectivity index (χ4v) is 5.31. The van der Waals surface area contributed by atoms with E-state index in [-0.39, 0.29) is 22.3 Å². The molecule has 0 spiro atoms. The van der Waals surface area contributed by atoms with Crippen molar-refractivity contribution in [2.24, 2.45) is 0 Å². The van der Waals surface area contributed by atoms with Gasteiger partial charge < -0.3 is 9.16 Å². The number of sulfonamides is 1. The third kappa shape index (κ3) is 4.63. The summed E-state index contributed by atoms with van der Waals surface area (Å²) in [4.78, 5) is 12.8. The van der Waals surface area contributed by atoms with Gasteiger partial charge in [0.2, 0.25) is 10.0 Å². The molecule has 28 heavy (non-hydrogen) atoms. The van der Waals surface area contributed by atoms with Gasteiger partial charge in [-0.05, 0) is 49.3 Å². The fourth-order valence-electron chi connectivity index (χ4n) is 2.65. The van der Waals surface area contributed by atoms with Crippen molar-refractivity contribution in [2.75, 3.05) is 13.7 Å². The molecule has 6 nitrogen and oxygen atoms in total. The van der Waals surface area contributed by atoms with Crippen molar-refractivity contribution >= 4 is 24.1 Å². The van der Waals surface area contributed by atoms with Crippen molar-refractivity contribution in [2.45, 2.75) is 63.0 Å². The molecular weight excluding hydrogens is 394 g/mol. The summed E-state index contributed by atoms with van der Waals surface area (Å²) in [6.07, 6.45) is 1.99. The summed E-state index contributed by atoms with van der Waals surface area (Å²) in [5.74, 6) is -0.303. The van der Waals surface area contributed by atoms with E-state index >= 15 is 0 Å². The SMILES string of the molecule is CO[C@@H]1C=CC(=O)[C@H](CO[Si](C)(C)C(C)(C)C)N1S(=O)(=O)c1ccc(C)cc1. The first-order valence-electron chi connectivity index (χ1n) is 9.30. The Balaban J connectivity index is 2.42. The van der Waals surface area contributed by atoms with Crippen LogP contribution in [0.1, 0.15) is 26.3 Å². The maximum absolute atomic E-state index is 13.4. The number of benzene rings is 1. The highest BCUT2D eigenvalue weighted by atomic mass is 32.2. The third-order valence-corrected chi connectivity index (χ3v) is 11.9. The largest absolute Gasteiger partial charge is 0.415 e. The molecule has 0 unspecified atom stereocenters. The van der Waals surface area contributed by atoms with Crippen LogP contribution in [0.25, 0.3) is 0 Å². The molecule has 156 valence electrons. The molecule has 1 aromatic rings. The molecule has 1 aliphatic rings. The lowest BCUT2D eigenvalue weighted by atomic mass is 10.1. The lowest BCUT2D eigenvalue weighted by Crippen LogP contribution is -2.56. The van der Waals surface area contributed by atoms with Gasteiger partial charge in [-0.15, -0.1) is 0 Å². The Kier molecular flexibility index (Phi) is 6.72. The Bertz CT molecular complexity index is 840. The summed E-state index contributed by atoms with van der Waals surface area (Å²) in [7, 11) is -4.69. The molecule has 0 aromatic heterocycles. The summed E-state index contributed by atoms with van der Waals surface area (Å²) in [5, 5.41) is -0.0537. The third-order valence-electron chi connectivity index (χ3n) is 5.56. The van der Waals surface area contributed by atoms with Gasteiger partial charge in [-0.1, -0.05) is 38.5 Å². The maximum Gasteiger partial charge on any atom is 0.246 e. The molecule has 2 rings (SSSR count). The van der Waals surface area contributed by atoms with E-state index in [0.717, 1.165) is 9.87 Å². The van der Waals surface area contributed by atoms with E-state index in [4.69, 9.17) is 9.16 Å². The highest BCUT2D eigenvalue weighted by Gasteiger charge is 2.44. The molecule has 8 heteroatoms. The quantitative estimate of drug-likeness (QED) is 0.653. The zero-order chi connectivity index (χ0) is 21.3. The minimum atomic E-state index is -3.95. The summed E-state index contributed by atoms with van der Waals surface area (Å²) < 4.78 is 39.4. The number of nitrogens with zero attached hydrogens (tertiary/aromatic N) is 1. The molecule has 0 amide bonds. The normalized spacial score (nSPS) is 21.9. The van der Waals surface area contributed by atoms with Crippen LogP contribution in [0.15, 0.2) is 41.3 Å². The standard InChI is InChI=1S/C20H31NO5SSi/c1-15-8-10-16(11-9-15)27(23,24)21-17(18(22)12-13-19(21)25-5)14-26-28(6,7)20(2,3)4/h8-13,17,19H,14H2,1-7H3/t17-,19+/m0/s1. The molecule has 2 atom stereocenters. The zero-order valence-electron chi connectivity index (χ0n) is 17.7. The Labute approximate surface area is 169 Å². The minimum absolute atomic E-state index is 0.00458. The monoisotopic (exact) mass is 425 g/mol. The van der Waals surface area contributed by atoms with Crippen LogP contribution in [0, 0.1) is 6.92 Å². The molecule has 0 N–H and O–H groups in total. The van der Waals surface area contributed by atoms with Crippen molar-refractivity contribution in [3.8, 4) is 0 Å². The van der Waals surface area contributed by atoms with Gasteiger partial charge in [0.25, 0.3) is 0 Å². The lowest BCUT2D eigenvalue weighted by molar-refractivity contribution is -0.123. The summed E-state index contributed by atoms with van der Waals surface area (Å²) in [6.45, 7) is 12.3. The number of carbonyl (C=O) groups is 1. The van der Waals surface area contributed by atoms with E-state index in [1.165, 1.54) is 19.3 Å². The van der Waals surface area contributed by atoms with Crippen molar-refractivity contribution in [3.05, 3.63) is 42.0 Å². The van der Waals surface area contributed by atoms with Gasteiger partial charge in [0, 0.05) is 7.11 Å². The second-order valence-electron chi connectivity index (χ2n) is 8.62.